The molecule has 8 nitrogen and oxygen atoms in total. The van der Waals surface area contributed by atoms with E-state index >= 15 is 0 Å². The average Bonchev–Trinajstić information content (AvgIpc) is 2.63. The number of carbonyl (C=O) groups is 1. The van der Waals surface area contributed by atoms with Crippen molar-refractivity contribution >= 4 is 58.9 Å². The van der Waals surface area contributed by atoms with Crippen LogP contribution in [0.25, 0.3) is 11.2 Å². The molecule has 2 heterocycles. The van der Waals surface area contributed by atoms with Gasteiger partial charge in [-0.15, -0.1) is 0 Å². The van der Waals surface area contributed by atoms with Gasteiger partial charge in [0.15, 0.2) is 11.5 Å². The van der Waals surface area contributed by atoms with Gasteiger partial charge in [-0.1, -0.05) is 24.4 Å². The number of thiol groups is 1. The first-order valence-corrected chi connectivity index (χ1v) is 8.42. The van der Waals surface area contributed by atoms with E-state index in [4.69, 9.17) is 11.6 Å². The molecule has 0 aliphatic rings. The number of phenolic OH excluding ortho intramolecular Hbond substituents is 1. The topological polar surface area (TPSA) is 103 Å². The second-order valence-electron chi connectivity index (χ2n) is 5.21. The van der Waals surface area contributed by atoms with Crippen molar-refractivity contribution in [3.8, 4) is 5.75 Å². The van der Waals surface area contributed by atoms with Crippen LogP contribution in [0.15, 0.2) is 36.5 Å². The first kappa shape index (κ1) is 18.0. The van der Waals surface area contributed by atoms with Crippen LogP contribution in [0.4, 0.5) is 22.1 Å². The molecule has 134 valence electrons. The van der Waals surface area contributed by atoms with Crippen LogP contribution in [0.3, 0.4) is 0 Å². The second kappa shape index (κ2) is 7.63. The number of nitrogens with one attached hydrogen (secondary N) is 2. The molecule has 0 unspecified atom stereocenters. The molecule has 0 spiro atoms. The number of aromatic hydroxyl groups is 1. The number of anilines is 3. The molecular formula is C16H15ClN6O2S. The number of amides is 2. The molecule has 0 radical (unpaired) electrons. The van der Waals surface area contributed by atoms with Crippen molar-refractivity contribution in [3.05, 3.63) is 41.6 Å². The first-order chi connectivity index (χ1) is 12.5. The third-order valence-corrected chi connectivity index (χ3v) is 4.04. The predicted octanol–water partition coefficient (Wildman–Crippen LogP) is 3.51. The Hall–Kier alpha value is -2.78. The lowest BCUT2D eigenvalue weighted by Crippen LogP contribution is -2.34. The zero-order valence-corrected chi connectivity index (χ0v) is 15.3. The molecule has 0 bridgehead atoms. The Balaban J connectivity index is 1.89. The number of benzene rings is 1. The highest BCUT2D eigenvalue weighted by molar-refractivity contribution is 7.82. The maximum absolute atomic E-state index is 11.9. The summed E-state index contributed by atoms with van der Waals surface area (Å²) in [4.78, 5) is 24.9. The first-order valence-electron chi connectivity index (χ1n) is 7.64. The van der Waals surface area contributed by atoms with Gasteiger partial charge in [0.1, 0.15) is 17.1 Å². The molecule has 3 rings (SSSR count). The number of halogens is 1. The molecule has 0 fully saturated rings. The standard InChI is InChI=1S/C16H15ClN6O2S/c1-2-18-16(25)23(26)14-6-4-11-15(22-14)21-13(8-19-11)20-9-3-5-12(24)10(17)7-9/h3-8,24,26H,2H2,1H3,(H,18,25)(H,20,21,22). The Morgan fingerprint density at radius 2 is 2.12 bits per heavy atom. The number of rotatable bonds is 4. The monoisotopic (exact) mass is 390 g/mol. The summed E-state index contributed by atoms with van der Waals surface area (Å²) < 4.78 is 1.10. The van der Waals surface area contributed by atoms with Gasteiger partial charge in [0, 0.05) is 12.2 Å². The Morgan fingerprint density at radius 3 is 2.85 bits per heavy atom. The number of hydrogen-bond acceptors (Lipinski definition) is 7. The zero-order valence-electron chi connectivity index (χ0n) is 13.6. The number of pyridine rings is 1. The lowest BCUT2D eigenvalue weighted by molar-refractivity contribution is 0.250. The smallest absolute Gasteiger partial charge is 0.333 e. The summed E-state index contributed by atoms with van der Waals surface area (Å²) in [6.45, 7) is 2.29. The summed E-state index contributed by atoms with van der Waals surface area (Å²) in [5.41, 5.74) is 1.55. The Labute approximate surface area is 159 Å². The van der Waals surface area contributed by atoms with E-state index in [2.05, 4.69) is 38.4 Å². The van der Waals surface area contributed by atoms with Crippen LogP contribution < -0.4 is 14.9 Å². The van der Waals surface area contributed by atoms with E-state index in [-0.39, 0.29) is 16.8 Å². The highest BCUT2D eigenvalue weighted by atomic mass is 35.5. The van der Waals surface area contributed by atoms with Crippen LogP contribution in [0.5, 0.6) is 5.75 Å². The average molecular weight is 391 g/mol. The van der Waals surface area contributed by atoms with Gasteiger partial charge in [0.25, 0.3) is 0 Å². The molecule has 2 amide bonds. The molecule has 0 saturated carbocycles. The van der Waals surface area contributed by atoms with E-state index in [1.165, 1.54) is 6.07 Å². The van der Waals surface area contributed by atoms with Gasteiger partial charge in [0.05, 0.1) is 11.2 Å². The van der Waals surface area contributed by atoms with Crippen molar-refractivity contribution in [3.63, 3.8) is 0 Å². The fourth-order valence-corrected chi connectivity index (χ4v) is 2.49. The molecule has 0 atom stereocenters. The van der Waals surface area contributed by atoms with Crippen molar-refractivity contribution in [2.45, 2.75) is 6.92 Å². The fourth-order valence-electron chi connectivity index (χ4n) is 2.13. The molecule has 0 saturated heterocycles. The minimum atomic E-state index is -0.386. The summed E-state index contributed by atoms with van der Waals surface area (Å²) in [6, 6.07) is 7.64. The summed E-state index contributed by atoms with van der Waals surface area (Å²) in [6.07, 6.45) is 1.55. The van der Waals surface area contributed by atoms with Gasteiger partial charge in [-0.05, 0) is 37.3 Å². The van der Waals surface area contributed by atoms with Gasteiger partial charge < -0.3 is 15.7 Å². The molecule has 0 aliphatic carbocycles. The Bertz CT molecular complexity index is 971. The van der Waals surface area contributed by atoms with E-state index in [0.29, 0.717) is 35.0 Å². The van der Waals surface area contributed by atoms with Crippen molar-refractivity contribution in [1.82, 2.24) is 20.3 Å². The van der Waals surface area contributed by atoms with Crippen LogP contribution in [0.2, 0.25) is 5.02 Å². The molecule has 1 aromatic carbocycles. The SMILES string of the molecule is CCNC(=O)N(S)c1ccc2ncc(Nc3ccc(O)c(Cl)c3)nc2n1. The van der Waals surface area contributed by atoms with Crippen molar-refractivity contribution < 1.29 is 9.90 Å². The minimum absolute atomic E-state index is 0.00709. The zero-order chi connectivity index (χ0) is 18.7. The second-order valence-corrected chi connectivity index (χ2v) is 6.01. The van der Waals surface area contributed by atoms with Crippen molar-refractivity contribution in [2.75, 3.05) is 16.2 Å². The Morgan fingerprint density at radius 1 is 1.31 bits per heavy atom. The van der Waals surface area contributed by atoms with Gasteiger partial charge in [0.2, 0.25) is 0 Å². The number of urea groups is 1. The quantitative estimate of drug-likeness (QED) is 0.401. The fraction of sp³-hybridized carbons (Fsp3) is 0.125. The third-order valence-electron chi connectivity index (χ3n) is 3.35. The summed E-state index contributed by atoms with van der Waals surface area (Å²) in [7, 11) is 0. The maximum Gasteiger partial charge on any atom is 0.333 e. The molecule has 10 heteroatoms. The molecule has 0 aliphatic heterocycles. The van der Waals surface area contributed by atoms with Crippen LogP contribution in [0.1, 0.15) is 6.92 Å². The van der Waals surface area contributed by atoms with E-state index in [9.17, 15) is 9.90 Å². The van der Waals surface area contributed by atoms with Gasteiger partial charge in [-0.2, -0.15) is 0 Å². The van der Waals surface area contributed by atoms with Crippen molar-refractivity contribution in [2.24, 2.45) is 0 Å². The van der Waals surface area contributed by atoms with E-state index < -0.39 is 0 Å². The van der Waals surface area contributed by atoms with Crippen LogP contribution >= 0.6 is 24.4 Å². The number of hydrogen-bond donors (Lipinski definition) is 4. The lowest BCUT2D eigenvalue weighted by atomic mass is 10.3. The van der Waals surface area contributed by atoms with E-state index in [1.54, 1.807) is 30.5 Å². The molecule has 3 aromatic rings. The number of phenols is 1. The molecular weight excluding hydrogens is 376 g/mol. The molecule has 3 N–H and O–H groups in total. The molecule has 26 heavy (non-hydrogen) atoms. The largest absolute Gasteiger partial charge is 0.506 e. The van der Waals surface area contributed by atoms with Crippen molar-refractivity contribution in [1.29, 1.82) is 0 Å². The number of aromatic nitrogens is 3. The van der Waals surface area contributed by atoms with Gasteiger partial charge in [-0.25, -0.2) is 24.1 Å². The Kier molecular flexibility index (Phi) is 5.29. The van der Waals surface area contributed by atoms with E-state index in [0.717, 1.165) is 4.31 Å². The number of carbonyl (C=O) groups excluding carboxylic acids is 1. The highest BCUT2D eigenvalue weighted by Crippen LogP contribution is 2.27. The summed E-state index contributed by atoms with van der Waals surface area (Å²) in [5, 5.41) is 15.4. The number of fused-ring (bicyclic) bond motifs is 1. The number of nitrogens with zero attached hydrogens (tertiary/aromatic N) is 4. The van der Waals surface area contributed by atoms with E-state index in [1.807, 2.05) is 6.92 Å². The molecule has 2 aromatic heterocycles. The van der Waals surface area contributed by atoms with Crippen LogP contribution in [0, 0.1) is 0 Å². The van der Waals surface area contributed by atoms with Gasteiger partial charge in [-0.3, -0.25) is 0 Å². The predicted molar refractivity (Wildman–Crippen MR) is 104 cm³/mol. The van der Waals surface area contributed by atoms with Gasteiger partial charge >= 0.3 is 6.03 Å². The minimum Gasteiger partial charge on any atom is -0.506 e. The van der Waals surface area contributed by atoms with Crippen LogP contribution in [-0.2, 0) is 0 Å². The highest BCUT2D eigenvalue weighted by Gasteiger charge is 2.13. The summed E-state index contributed by atoms with van der Waals surface area (Å²) in [5.74, 6) is 0.755. The lowest BCUT2D eigenvalue weighted by Gasteiger charge is -2.15. The normalized spacial score (nSPS) is 10.6. The maximum atomic E-state index is 11.9. The summed E-state index contributed by atoms with van der Waals surface area (Å²) >= 11 is 10.1. The van der Waals surface area contributed by atoms with Crippen LogP contribution in [-0.4, -0.2) is 32.6 Å². The third kappa shape index (κ3) is 3.89.